The van der Waals surface area contributed by atoms with E-state index in [1.807, 2.05) is 0 Å². The van der Waals surface area contributed by atoms with Gasteiger partial charge >= 0.3 is 5.97 Å². The first-order valence-electron chi connectivity index (χ1n) is 6.59. The minimum Gasteiger partial charge on any atom is -0.467 e. The van der Waals surface area contributed by atoms with E-state index in [0.717, 1.165) is 25.8 Å². The predicted molar refractivity (Wildman–Crippen MR) is 64.8 cm³/mol. The molecule has 1 heterocycles. The van der Waals surface area contributed by atoms with Gasteiger partial charge in [-0.15, -0.1) is 0 Å². The van der Waals surface area contributed by atoms with E-state index in [1.165, 1.54) is 0 Å². The summed E-state index contributed by atoms with van der Waals surface area (Å²) in [5.74, 6) is 0.181. The molecule has 0 amide bonds. The normalized spacial score (nSPS) is 29.4. The number of nitrogens with one attached hydrogen (secondary N) is 1. The largest absolute Gasteiger partial charge is 0.467 e. The van der Waals surface area contributed by atoms with Gasteiger partial charge in [-0.05, 0) is 25.3 Å². The summed E-state index contributed by atoms with van der Waals surface area (Å²) in [6.45, 7) is 4.84. The van der Waals surface area contributed by atoms with Crippen molar-refractivity contribution >= 4 is 12.4 Å². The summed E-state index contributed by atoms with van der Waals surface area (Å²) in [7, 11) is 0. The number of esters is 1. The Balaban J connectivity index is 1.79. The van der Waals surface area contributed by atoms with Crippen LogP contribution in [0, 0.1) is 17.3 Å². The van der Waals surface area contributed by atoms with Crippen LogP contribution in [0.4, 0.5) is 0 Å². The van der Waals surface area contributed by atoms with E-state index in [0.29, 0.717) is 32.1 Å². The molecule has 5 nitrogen and oxygen atoms in total. The maximum absolute atomic E-state index is 11.9. The molecular formula is C13H21NO4. The van der Waals surface area contributed by atoms with E-state index in [1.54, 1.807) is 0 Å². The maximum Gasteiger partial charge on any atom is 0.310 e. The van der Waals surface area contributed by atoms with Gasteiger partial charge < -0.3 is 14.8 Å². The first-order valence-corrected chi connectivity index (χ1v) is 6.59. The molecule has 0 aromatic carbocycles. The van der Waals surface area contributed by atoms with Crippen LogP contribution in [-0.4, -0.2) is 38.7 Å². The average molecular weight is 255 g/mol. The highest BCUT2D eigenvalue weighted by molar-refractivity contribution is 5.73. The molecule has 2 atom stereocenters. The molecule has 2 rings (SSSR count). The number of ether oxygens (including phenoxy) is 2. The van der Waals surface area contributed by atoms with Crippen molar-refractivity contribution in [3.05, 3.63) is 0 Å². The Morgan fingerprint density at radius 2 is 2.17 bits per heavy atom. The van der Waals surface area contributed by atoms with E-state index < -0.39 is 0 Å². The van der Waals surface area contributed by atoms with Gasteiger partial charge in [0, 0.05) is 12.0 Å². The Kier molecular flexibility index (Phi) is 4.22. The lowest BCUT2D eigenvalue weighted by atomic mass is 9.70. The van der Waals surface area contributed by atoms with Gasteiger partial charge in [0.05, 0.1) is 12.5 Å². The third kappa shape index (κ3) is 2.83. The lowest BCUT2D eigenvalue weighted by Crippen LogP contribution is -2.40. The molecule has 1 saturated heterocycles. The Bertz CT molecular complexity index is 314. The van der Waals surface area contributed by atoms with Gasteiger partial charge in [-0.1, -0.05) is 13.3 Å². The van der Waals surface area contributed by atoms with Gasteiger partial charge in [0.2, 0.25) is 0 Å². The Hall–Kier alpha value is -1.10. The van der Waals surface area contributed by atoms with Crippen molar-refractivity contribution in [2.75, 3.05) is 26.3 Å². The first-order chi connectivity index (χ1) is 8.67. The average Bonchev–Trinajstić information content (AvgIpc) is 2.73. The molecule has 18 heavy (non-hydrogen) atoms. The van der Waals surface area contributed by atoms with Crippen molar-refractivity contribution < 1.29 is 19.1 Å². The second-order valence-electron chi connectivity index (χ2n) is 5.61. The minimum atomic E-state index is -0.120. The fourth-order valence-electron chi connectivity index (χ4n) is 2.67. The second-order valence-corrected chi connectivity index (χ2v) is 5.61. The van der Waals surface area contributed by atoms with Crippen molar-refractivity contribution in [2.45, 2.75) is 26.2 Å². The SMILES string of the molecule is C[C@@H]1CNCC1C(=O)OCC1(COC=O)CCC1. The van der Waals surface area contributed by atoms with Crippen LogP contribution in [0.3, 0.4) is 0 Å². The Labute approximate surface area is 107 Å². The van der Waals surface area contributed by atoms with Crippen molar-refractivity contribution in [3.63, 3.8) is 0 Å². The van der Waals surface area contributed by atoms with Crippen LogP contribution < -0.4 is 5.32 Å². The van der Waals surface area contributed by atoms with Crippen LogP contribution >= 0.6 is 0 Å². The smallest absolute Gasteiger partial charge is 0.310 e. The summed E-state index contributed by atoms with van der Waals surface area (Å²) in [5.41, 5.74) is -0.119. The monoisotopic (exact) mass is 255 g/mol. The molecule has 1 aliphatic carbocycles. The second kappa shape index (κ2) is 5.69. The summed E-state index contributed by atoms with van der Waals surface area (Å²) in [6, 6.07) is 0. The van der Waals surface area contributed by atoms with Crippen molar-refractivity contribution in [3.8, 4) is 0 Å². The van der Waals surface area contributed by atoms with Gasteiger partial charge in [0.15, 0.2) is 0 Å². The molecule has 0 radical (unpaired) electrons. The van der Waals surface area contributed by atoms with E-state index >= 15 is 0 Å². The van der Waals surface area contributed by atoms with E-state index in [-0.39, 0.29) is 17.3 Å². The zero-order valence-corrected chi connectivity index (χ0v) is 10.8. The van der Waals surface area contributed by atoms with Gasteiger partial charge in [-0.3, -0.25) is 9.59 Å². The van der Waals surface area contributed by atoms with E-state index in [9.17, 15) is 9.59 Å². The molecule has 1 unspecified atom stereocenters. The fourth-order valence-corrected chi connectivity index (χ4v) is 2.67. The molecule has 2 aliphatic rings. The van der Waals surface area contributed by atoms with Gasteiger partial charge in [0.1, 0.15) is 6.61 Å². The number of hydrogen-bond donors (Lipinski definition) is 1. The van der Waals surface area contributed by atoms with Gasteiger partial charge in [0.25, 0.3) is 6.47 Å². The third-order valence-electron chi connectivity index (χ3n) is 4.21. The van der Waals surface area contributed by atoms with E-state index in [4.69, 9.17) is 9.47 Å². The van der Waals surface area contributed by atoms with Crippen LogP contribution in [-0.2, 0) is 19.1 Å². The van der Waals surface area contributed by atoms with Crippen molar-refractivity contribution in [2.24, 2.45) is 17.3 Å². The molecule has 1 aliphatic heterocycles. The molecule has 0 aromatic heterocycles. The molecule has 0 bridgehead atoms. The number of carbonyl (C=O) groups excluding carboxylic acids is 2. The predicted octanol–water partition coefficient (Wildman–Crippen LogP) is 0.728. The van der Waals surface area contributed by atoms with Crippen LogP contribution in [0.5, 0.6) is 0 Å². The van der Waals surface area contributed by atoms with Crippen LogP contribution in [0.1, 0.15) is 26.2 Å². The third-order valence-corrected chi connectivity index (χ3v) is 4.21. The highest BCUT2D eigenvalue weighted by Gasteiger charge is 2.40. The molecule has 0 aromatic rings. The first kappa shape index (κ1) is 13.3. The van der Waals surface area contributed by atoms with Crippen molar-refractivity contribution in [1.29, 1.82) is 0 Å². The summed E-state index contributed by atoms with van der Waals surface area (Å²) in [5, 5.41) is 3.19. The van der Waals surface area contributed by atoms with Crippen LogP contribution in [0.2, 0.25) is 0 Å². The molecule has 0 spiro atoms. The number of carbonyl (C=O) groups is 2. The van der Waals surface area contributed by atoms with Crippen LogP contribution in [0.15, 0.2) is 0 Å². The maximum atomic E-state index is 11.9. The topological polar surface area (TPSA) is 64.6 Å². The van der Waals surface area contributed by atoms with Gasteiger partial charge in [-0.25, -0.2) is 0 Å². The molecular weight excluding hydrogens is 234 g/mol. The Morgan fingerprint density at radius 1 is 1.39 bits per heavy atom. The summed E-state index contributed by atoms with van der Waals surface area (Å²) in [4.78, 5) is 22.2. The van der Waals surface area contributed by atoms with Gasteiger partial charge in [-0.2, -0.15) is 0 Å². The minimum absolute atomic E-state index is 0.0332. The van der Waals surface area contributed by atoms with Crippen molar-refractivity contribution in [1.82, 2.24) is 5.32 Å². The molecule has 1 saturated carbocycles. The lowest BCUT2D eigenvalue weighted by Gasteiger charge is -2.40. The highest BCUT2D eigenvalue weighted by atomic mass is 16.5. The Morgan fingerprint density at radius 3 is 2.67 bits per heavy atom. The molecule has 1 N–H and O–H groups in total. The van der Waals surface area contributed by atoms with Crippen LogP contribution in [0.25, 0.3) is 0 Å². The quantitative estimate of drug-likeness (QED) is 0.560. The van der Waals surface area contributed by atoms with E-state index in [2.05, 4.69) is 12.2 Å². The zero-order chi connectivity index (χ0) is 13.0. The molecule has 2 fully saturated rings. The number of rotatable bonds is 6. The standard InChI is InChI=1S/C13H21NO4/c1-10-5-14-6-11(10)12(16)18-8-13(3-2-4-13)7-17-9-15/h9-11,14H,2-8H2,1H3/t10-,11?/m1/s1. The zero-order valence-electron chi connectivity index (χ0n) is 10.8. The highest BCUT2D eigenvalue weighted by Crippen LogP contribution is 2.41. The number of hydrogen-bond acceptors (Lipinski definition) is 5. The summed E-state index contributed by atoms with van der Waals surface area (Å²) >= 11 is 0. The molecule has 102 valence electrons. The summed E-state index contributed by atoms with van der Waals surface area (Å²) in [6.07, 6.45) is 3.04. The molecule has 5 heteroatoms. The fraction of sp³-hybridized carbons (Fsp3) is 0.846. The summed E-state index contributed by atoms with van der Waals surface area (Å²) < 4.78 is 10.3. The lowest BCUT2D eigenvalue weighted by molar-refractivity contribution is -0.158.